The van der Waals surface area contributed by atoms with Crippen molar-refractivity contribution in [1.82, 2.24) is 9.78 Å². The molecule has 1 aromatic heterocycles. The Bertz CT molecular complexity index is 335. The van der Waals surface area contributed by atoms with Crippen molar-refractivity contribution in [3.8, 4) is 5.75 Å². The van der Waals surface area contributed by atoms with Gasteiger partial charge in [0, 0.05) is 0 Å². The van der Waals surface area contributed by atoms with E-state index in [0.717, 1.165) is 10.9 Å². The Kier molecular flexibility index (Phi) is 2.25. The minimum atomic E-state index is -4.59. The molecule has 0 aliphatic heterocycles. The maximum atomic E-state index is 12.5. The van der Waals surface area contributed by atoms with Crippen LogP contribution in [0.4, 0.5) is 13.2 Å². The maximum absolute atomic E-state index is 12.5. The molecule has 6 heteroatoms. The number of halogens is 3. The summed E-state index contributed by atoms with van der Waals surface area (Å²) < 4.78 is 38.1. The molecule has 1 N–H and O–H groups in total. The quantitative estimate of drug-likeness (QED) is 0.710. The number of alkyl halides is 3. The molecule has 0 aromatic carbocycles. The van der Waals surface area contributed by atoms with Crippen molar-refractivity contribution >= 4 is 0 Å². The Morgan fingerprint density at radius 2 is 1.79 bits per heavy atom. The molecule has 3 nitrogen and oxygen atoms in total. The van der Waals surface area contributed by atoms with Gasteiger partial charge in [0.25, 0.3) is 0 Å². The predicted molar refractivity (Wildman–Crippen MR) is 43.9 cm³/mol. The third-order valence-corrected chi connectivity index (χ3v) is 1.65. The molecule has 1 rings (SSSR count). The summed E-state index contributed by atoms with van der Waals surface area (Å²) in [5.41, 5.74) is -1.92. The van der Waals surface area contributed by atoms with Crippen LogP contribution in [-0.4, -0.2) is 14.9 Å². The van der Waals surface area contributed by atoms with E-state index in [4.69, 9.17) is 5.11 Å². The molecular weight excluding hydrogens is 197 g/mol. The Balaban J connectivity index is 3.35. The van der Waals surface area contributed by atoms with Crippen LogP contribution >= 0.6 is 0 Å². The highest BCUT2D eigenvalue weighted by atomic mass is 19.4. The lowest BCUT2D eigenvalue weighted by Gasteiger charge is -2.23. The Hall–Kier alpha value is -1.20. The highest BCUT2D eigenvalue weighted by Crippen LogP contribution is 2.37. The first kappa shape index (κ1) is 10.9. The SMILES string of the molecule is CC(C)(C)n1ncc(O)c1C(F)(F)F. The van der Waals surface area contributed by atoms with Crippen molar-refractivity contribution in [1.29, 1.82) is 0 Å². The first-order valence-corrected chi connectivity index (χ1v) is 3.98. The van der Waals surface area contributed by atoms with Crippen LogP contribution in [-0.2, 0) is 11.7 Å². The summed E-state index contributed by atoms with van der Waals surface area (Å²) in [5.74, 6) is -0.840. The summed E-state index contributed by atoms with van der Waals surface area (Å²) in [6.45, 7) is 4.73. The summed E-state index contributed by atoms with van der Waals surface area (Å²) in [5, 5.41) is 12.5. The standard InChI is InChI=1S/C8H11F3N2O/c1-7(2,3)13-6(8(9,10)11)5(14)4-12-13/h4,14H,1-3H3. The van der Waals surface area contributed by atoms with E-state index in [2.05, 4.69) is 5.10 Å². The van der Waals surface area contributed by atoms with E-state index >= 15 is 0 Å². The molecule has 14 heavy (non-hydrogen) atoms. The zero-order valence-corrected chi connectivity index (χ0v) is 8.05. The topological polar surface area (TPSA) is 38.0 Å². The Morgan fingerprint density at radius 1 is 1.29 bits per heavy atom. The van der Waals surface area contributed by atoms with Gasteiger partial charge in [-0.25, -0.2) is 0 Å². The molecule has 1 heterocycles. The third-order valence-electron chi connectivity index (χ3n) is 1.65. The second-order valence-corrected chi connectivity index (χ2v) is 3.96. The molecule has 0 spiro atoms. The molecule has 0 saturated carbocycles. The van der Waals surface area contributed by atoms with Gasteiger partial charge in [0.2, 0.25) is 0 Å². The Labute approximate surface area is 79.2 Å². The van der Waals surface area contributed by atoms with E-state index in [1.54, 1.807) is 20.8 Å². The lowest BCUT2D eigenvalue weighted by atomic mass is 10.1. The van der Waals surface area contributed by atoms with Gasteiger partial charge in [-0.2, -0.15) is 18.3 Å². The third kappa shape index (κ3) is 1.83. The summed E-state index contributed by atoms with van der Waals surface area (Å²) in [6, 6.07) is 0. The van der Waals surface area contributed by atoms with Crippen molar-refractivity contribution in [3.05, 3.63) is 11.9 Å². The molecular formula is C8H11F3N2O. The van der Waals surface area contributed by atoms with Crippen LogP contribution in [0.5, 0.6) is 5.75 Å². The Morgan fingerprint density at radius 3 is 2.07 bits per heavy atom. The fourth-order valence-corrected chi connectivity index (χ4v) is 1.11. The van der Waals surface area contributed by atoms with Crippen molar-refractivity contribution in [2.45, 2.75) is 32.5 Å². The average Bonchev–Trinajstić information content (AvgIpc) is 2.27. The van der Waals surface area contributed by atoms with E-state index in [0.29, 0.717) is 0 Å². The second-order valence-electron chi connectivity index (χ2n) is 3.96. The zero-order chi connectivity index (χ0) is 11.1. The van der Waals surface area contributed by atoms with Gasteiger partial charge >= 0.3 is 6.18 Å². The lowest BCUT2D eigenvalue weighted by Crippen LogP contribution is -2.28. The number of hydrogen-bond donors (Lipinski definition) is 1. The number of aromatic hydroxyl groups is 1. The largest absolute Gasteiger partial charge is 0.504 e. The fraction of sp³-hybridized carbons (Fsp3) is 0.625. The van der Waals surface area contributed by atoms with Crippen LogP contribution in [0.2, 0.25) is 0 Å². The van der Waals surface area contributed by atoms with Crippen LogP contribution in [0.25, 0.3) is 0 Å². The van der Waals surface area contributed by atoms with Gasteiger partial charge in [-0.15, -0.1) is 0 Å². The highest BCUT2D eigenvalue weighted by Gasteiger charge is 2.40. The van der Waals surface area contributed by atoms with Crippen molar-refractivity contribution < 1.29 is 18.3 Å². The molecule has 0 atom stereocenters. The summed E-state index contributed by atoms with van der Waals surface area (Å²) in [7, 11) is 0. The predicted octanol–water partition coefficient (Wildman–Crippen LogP) is 2.36. The fourth-order valence-electron chi connectivity index (χ4n) is 1.11. The first-order chi connectivity index (χ1) is 6.14. The van der Waals surface area contributed by atoms with Crippen molar-refractivity contribution in [2.75, 3.05) is 0 Å². The number of hydrogen-bond acceptors (Lipinski definition) is 2. The van der Waals surface area contributed by atoms with E-state index in [9.17, 15) is 13.2 Å². The molecule has 1 aromatic rings. The number of nitrogens with zero attached hydrogens (tertiary/aromatic N) is 2. The normalized spacial score (nSPS) is 13.3. The van der Waals surface area contributed by atoms with E-state index in [-0.39, 0.29) is 0 Å². The average molecular weight is 208 g/mol. The molecule has 0 radical (unpaired) electrons. The van der Waals surface area contributed by atoms with E-state index in [1.165, 1.54) is 0 Å². The van der Waals surface area contributed by atoms with Gasteiger partial charge in [0.05, 0.1) is 11.7 Å². The first-order valence-electron chi connectivity index (χ1n) is 3.98. The molecule has 0 fully saturated rings. The maximum Gasteiger partial charge on any atom is 0.436 e. The molecule has 0 unspecified atom stereocenters. The second kappa shape index (κ2) is 2.90. The van der Waals surface area contributed by atoms with Gasteiger partial charge in [-0.3, -0.25) is 4.68 Å². The van der Waals surface area contributed by atoms with Crippen molar-refractivity contribution in [3.63, 3.8) is 0 Å². The van der Waals surface area contributed by atoms with Gasteiger partial charge in [-0.1, -0.05) is 0 Å². The molecule has 0 bridgehead atoms. The van der Waals surface area contributed by atoms with Gasteiger partial charge in [-0.05, 0) is 20.8 Å². The van der Waals surface area contributed by atoms with Gasteiger partial charge in [0.1, 0.15) is 0 Å². The lowest BCUT2D eigenvalue weighted by molar-refractivity contribution is -0.147. The minimum Gasteiger partial charge on any atom is -0.504 e. The molecule has 0 aliphatic carbocycles. The smallest absolute Gasteiger partial charge is 0.436 e. The van der Waals surface area contributed by atoms with Crippen LogP contribution in [0.3, 0.4) is 0 Å². The molecule has 0 saturated heterocycles. The van der Waals surface area contributed by atoms with Crippen LogP contribution in [0, 0.1) is 0 Å². The van der Waals surface area contributed by atoms with Crippen molar-refractivity contribution in [2.24, 2.45) is 0 Å². The minimum absolute atomic E-state index is 0.766. The summed E-state index contributed by atoms with van der Waals surface area (Å²) in [6.07, 6.45) is -3.79. The van der Waals surface area contributed by atoms with E-state index < -0.39 is 23.2 Å². The van der Waals surface area contributed by atoms with Gasteiger partial charge < -0.3 is 5.11 Å². The highest BCUT2D eigenvalue weighted by molar-refractivity contribution is 5.26. The van der Waals surface area contributed by atoms with Crippen LogP contribution < -0.4 is 0 Å². The van der Waals surface area contributed by atoms with Crippen LogP contribution in [0.1, 0.15) is 26.5 Å². The molecule has 80 valence electrons. The molecule has 0 aliphatic rings. The number of rotatable bonds is 0. The zero-order valence-electron chi connectivity index (χ0n) is 8.05. The molecule has 0 amide bonds. The van der Waals surface area contributed by atoms with Crippen LogP contribution in [0.15, 0.2) is 6.20 Å². The van der Waals surface area contributed by atoms with E-state index in [1.807, 2.05) is 0 Å². The monoisotopic (exact) mass is 208 g/mol. The summed E-state index contributed by atoms with van der Waals surface area (Å²) in [4.78, 5) is 0. The number of aromatic nitrogens is 2. The summed E-state index contributed by atoms with van der Waals surface area (Å²) >= 11 is 0. The van der Waals surface area contributed by atoms with Gasteiger partial charge in [0.15, 0.2) is 11.4 Å².